The summed E-state index contributed by atoms with van der Waals surface area (Å²) >= 11 is 0. The molecular formula is C19H31N3O2. The molecule has 0 spiro atoms. The number of nitrogens with zero attached hydrogens (tertiary/aromatic N) is 2. The third-order valence-electron chi connectivity index (χ3n) is 7.28. The van der Waals surface area contributed by atoms with E-state index in [-0.39, 0.29) is 11.9 Å². The fourth-order valence-corrected chi connectivity index (χ4v) is 5.97. The maximum atomic E-state index is 13.0. The van der Waals surface area contributed by atoms with Gasteiger partial charge in [0, 0.05) is 31.6 Å². The number of amides is 3. The van der Waals surface area contributed by atoms with Crippen molar-refractivity contribution in [2.75, 3.05) is 19.6 Å². The third-order valence-corrected chi connectivity index (χ3v) is 7.28. The van der Waals surface area contributed by atoms with E-state index < -0.39 is 0 Å². The monoisotopic (exact) mass is 333 g/mol. The van der Waals surface area contributed by atoms with Crippen LogP contribution in [0, 0.1) is 23.7 Å². The molecule has 4 atom stereocenters. The Labute approximate surface area is 144 Å². The molecule has 5 nitrogen and oxygen atoms in total. The van der Waals surface area contributed by atoms with Gasteiger partial charge in [-0.2, -0.15) is 0 Å². The number of carbonyl (C=O) groups excluding carboxylic acids is 2. The zero-order valence-corrected chi connectivity index (χ0v) is 14.7. The van der Waals surface area contributed by atoms with Gasteiger partial charge in [-0.25, -0.2) is 4.79 Å². The molecule has 0 aromatic rings. The third kappa shape index (κ3) is 3.02. The van der Waals surface area contributed by atoms with Crippen LogP contribution in [0.1, 0.15) is 57.8 Å². The fourth-order valence-electron chi connectivity index (χ4n) is 5.97. The largest absolute Gasteiger partial charge is 0.351 e. The molecule has 0 unspecified atom stereocenters. The first-order valence-corrected chi connectivity index (χ1v) is 9.96. The minimum absolute atomic E-state index is 0.0984. The lowest BCUT2D eigenvalue weighted by molar-refractivity contribution is -0.138. The van der Waals surface area contributed by atoms with Crippen molar-refractivity contribution in [3.05, 3.63) is 0 Å². The van der Waals surface area contributed by atoms with E-state index in [1.807, 2.05) is 0 Å². The number of likely N-dealkylation sites (tertiary alicyclic amines) is 2. The molecule has 0 aromatic heterocycles. The van der Waals surface area contributed by atoms with Crippen molar-refractivity contribution in [2.45, 2.75) is 63.8 Å². The standard InChI is InChI=1S/C19H31N3O2/c20-19(24)21-8-5-14(6-9-21)18(23)22-7-1-2-17(22)12-16-11-13-3-4-15(16)10-13/h13-17H,1-12H2,(H2,20,24)/t13-,15-,16+,17-/m0/s1. The second-order valence-electron chi connectivity index (χ2n) is 8.60. The number of fused-ring (bicyclic) bond motifs is 2. The molecule has 4 rings (SSSR count). The lowest BCUT2D eigenvalue weighted by Gasteiger charge is -2.35. The Balaban J connectivity index is 1.33. The first-order valence-electron chi connectivity index (χ1n) is 9.96. The quantitative estimate of drug-likeness (QED) is 0.862. The normalized spacial score (nSPS) is 36.5. The minimum atomic E-state index is -0.351. The zero-order chi connectivity index (χ0) is 16.7. The SMILES string of the molecule is NC(=O)N1CCC(C(=O)N2CCC[C@H]2C[C@H]2C[C@H]3CC[C@H]2C3)CC1. The highest BCUT2D eigenvalue weighted by Crippen LogP contribution is 2.50. The van der Waals surface area contributed by atoms with Crippen molar-refractivity contribution in [3.8, 4) is 0 Å². The predicted octanol–water partition coefficient (Wildman–Crippen LogP) is 2.59. The number of primary amides is 1. The van der Waals surface area contributed by atoms with E-state index in [2.05, 4.69) is 4.90 Å². The molecule has 5 heteroatoms. The van der Waals surface area contributed by atoms with Crippen molar-refractivity contribution >= 4 is 11.9 Å². The van der Waals surface area contributed by atoms with E-state index in [1.165, 1.54) is 38.5 Å². The molecule has 2 N–H and O–H groups in total. The predicted molar refractivity (Wildman–Crippen MR) is 92.2 cm³/mol. The summed E-state index contributed by atoms with van der Waals surface area (Å²) in [5.41, 5.74) is 5.35. The van der Waals surface area contributed by atoms with Crippen LogP contribution in [-0.2, 0) is 4.79 Å². The average Bonchev–Trinajstić information content (AvgIpc) is 3.31. The highest BCUT2D eigenvalue weighted by Gasteiger charge is 2.42. The number of urea groups is 1. The Morgan fingerprint density at radius 1 is 0.958 bits per heavy atom. The molecule has 4 aliphatic rings. The summed E-state index contributed by atoms with van der Waals surface area (Å²) in [6.45, 7) is 2.22. The average molecular weight is 333 g/mol. The van der Waals surface area contributed by atoms with E-state index >= 15 is 0 Å². The maximum absolute atomic E-state index is 13.0. The molecule has 2 bridgehead atoms. The molecule has 134 valence electrons. The van der Waals surface area contributed by atoms with E-state index in [9.17, 15) is 9.59 Å². The molecule has 0 radical (unpaired) electrons. The summed E-state index contributed by atoms with van der Waals surface area (Å²) in [6, 6.07) is 0.132. The van der Waals surface area contributed by atoms with Gasteiger partial charge < -0.3 is 15.5 Å². The molecule has 24 heavy (non-hydrogen) atoms. The van der Waals surface area contributed by atoms with Gasteiger partial charge in [-0.1, -0.05) is 6.42 Å². The van der Waals surface area contributed by atoms with Crippen LogP contribution in [0.4, 0.5) is 4.79 Å². The van der Waals surface area contributed by atoms with Gasteiger partial charge in [-0.3, -0.25) is 4.79 Å². The molecule has 2 saturated heterocycles. The summed E-state index contributed by atoms with van der Waals surface area (Å²) in [5, 5.41) is 0. The van der Waals surface area contributed by atoms with Crippen LogP contribution in [0.2, 0.25) is 0 Å². The molecule has 2 heterocycles. The Bertz CT molecular complexity index is 501. The van der Waals surface area contributed by atoms with Crippen LogP contribution >= 0.6 is 0 Å². The number of nitrogens with two attached hydrogens (primary N) is 1. The first-order chi connectivity index (χ1) is 11.6. The Morgan fingerprint density at radius 3 is 2.38 bits per heavy atom. The molecule has 3 amide bonds. The van der Waals surface area contributed by atoms with Crippen LogP contribution < -0.4 is 5.73 Å². The van der Waals surface area contributed by atoms with Gasteiger partial charge in [0.25, 0.3) is 0 Å². The number of rotatable bonds is 3. The summed E-state index contributed by atoms with van der Waals surface area (Å²) in [7, 11) is 0. The van der Waals surface area contributed by atoms with Crippen LogP contribution in [0.5, 0.6) is 0 Å². The van der Waals surface area contributed by atoms with Crippen LogP contribution in [0.15, 0.2) is 0 Å². The molecule has 2 aliphatic heterocycles. The van der Waals surface area contributed by atoms with E-state index in [0.717, 1.165) is 43.6 Å². The summed E-state index contributed by atoms with van der Waals surface area (Å²) < 4.78 is 0. The van der Waals surface area contributed by atoms with Crippen LogP contribution in [-0.4, -0.2) is 47.4 Å². The Hall–Kier alpha value is -1.26. The number of carbonyl (C=O) groups is 2. The molecule has 2 aliphatic carbocycles. The van der Waals surface area contributed by atoms with E-state index in [4.69, 9.17) is 5.73 Å². The van der Waals surface area contributed by atoms with Crippen molar-refractivity contribution in [2.24, 2.45) is 29.4 Å². The molecule has 4 fully saturated rings. The Morgan fingerprint density at radius 2 is 1.75 bits per heavy atom. The van der Waals surface area contributed by atoms with Crippen molar-refractivity contribution in [3.63, 3.8) is 0 Å². The van der Waals surface area contributed by atoms with Gasteiger partial charge >= 0.3 is 6.03 Å². The van der Waals surface area contributed by atoms with Gasteiger partial charge in [0.2, 0.25) is 5.91 Å². The van der Waals surface area contributed by atoms with Gasteiger partial charge in [0.05, 0.1) is 0 Å². The summed E-state index contributed by atoms with van der Waals surface area (Å²) in [6.07, 6.45) is 10.9. The first kappa shape index (κ1) is 16.2. The number of hydrogen-bond donors (Lipinski definition) is 1. The summed E-state index contributed by atoms with van der Waals surface area (Å²) in [5.74, 6) is 3.26. The highest BCUT2D eigenvalue weighted by molar-refractivity contribution is 5.80. The number of hydrogen-bond acceptors (Lipinski definition) is 2. The second kappa shape index (κ2) is 6.57. The van der Waals surface area contributed by atoms with Gasteiger partial charge in [0.1, 0.15) is 0 Å². The molecule has 0 aromatic carbocycles. The lowest BCUT2D eigenvalue weighted by atomic mass is 9.83. The van der Waals surface area contributed by atoms with Crippen molar-refractivity contribution < 1.29 is 9.59 Å². The number of piperidine rings is 1. The van der Waals surface area contributed by atoms with Gasteiger partial charge in [-0.05, 0) is 69.1 Å². The zero-order valence-electron chi connectivity index (χ0n) is 14.7. The second-order valence-corrected chi connectivity index (χ2v) is 8.60. The van der Waals surface area contributed by atoms with Crippen molar-refractivity contribution in [1.82, 2.24) is 9.80 Å². The van der Waals surface area contributed by atoms with Gasteiger partial charge in [0.15, 0.2) is 0 Å². The molecular weight excluding hydrogens is 302 g/mol. The maximum Gasteiger partial charge on any atom is 0.314 e. The fraction of sp³-hybridized carbons (Fsp3) is 0.895. The van der Waals surface area contributed by atoms with Crippen molar-refractivity contribution in [1.29, 1.82) is 0 Å². The summed E-state index contributed by atoms with van der Waals surface area (Å²) in [4.78, 5) is 28.1. The van der Waals surface area contributed by atoms with Gasteiger partial charge in [-0.15, -0.1) is 0 Å². The topological polar surface area (TPSA) is 66.6 Å². The lowest BCUT2D eigenvalue weighted by Crippen LogP contribution is -2.47. The Kier molecular flexibility index (Phi) is 4.44. The molecule has 2 saturated carbocycles. The minimum Gasteiger partial charge on any atom is -0.351 e. The van der Waals surface area contributed by atoms with Crippen LogP contribution in [0.3, 0.4) is 0 Å². The van der Waals surface area contributed by atoms with Crippen LogP contribution in [0.25, 0.3) is 0 Å². The van der Waals surface area contributed by atoms with E-state index in [0.29, 0.717) is 25.0 Å². The smallest absolute Gasteiger partial charge is 0.314 e. The highest BCUT2D eigenvalue weighted by atomic mass is 16.2. The van der Waals surface area contributed by atoms with E-state index in [1.54, 1.807) is 4.90 Å².